The minimum Gasteiger partial charge on any atom is -0.399 e. The molecule has 1 aromatic rings. The van der Waals surface area contributed by atoms with Crippen molar-refractivity contribution >= 4 is 11.4 Å². The summed E-state index contributed by atoms with van der Waals surface area (Å²) in [7, 11) is 0. The van der Waals surface area contributed by atoms with E-state index >= 15 is 0 Å². The summed E-state index contributed by atoms with van der Waals surface area (Å²) in [6, 6.07) is 6.10. The molecule has 0 bridgehead atoms. The number of hydrogen-bond donors (Lipinski definition) is 2. The maximum absolute atomic E-state index is 5.78. The highest BCUT2D eigenvalue weighted by atomic mass is 16.5. The van der Waals surface area contributed by atoms with Gasteiger partial charge in [0.15, 0.2) is 0 Å². The molecule has 1 aromatic carbocycles. The maximum atomic E-state index is 5.78. The number of anilines is 2. The van der Waals surface area contributed by atoms with Crippen LogP contribution in [0.25, 0.3) is 0 Å². The third-order valence-electron chi connectivity index (χ3n) is 3.02. The van der Waals surface area contributed by atoms with Crippen LogP contribution in [0, 0.1) is 6.92 Å². The first-order valence-electron chi connectivity index (χ1n) is 6.91. The van der Waals surface area contributed by atoms with Crippen LogP contribution in [0.15, 0.2) is 18.2 Å². The Morgan fingerprint density at radius 1 is 1.17 bits per heavy atom. The molecule has 0 aliphatic carbocycles. The number of unbranched alkanes of at least 4 members (excludes halogenated alkanes) is 3. The van der Waals surface area contributed by atoms with Crippen LogP contribution in [0.3, 0.4) is 0 Å². The van der Waals surface area contributed by atoms with Crippen LogP contribution in [0.1, 0.15) is 38.2 Å². The molecule has 0 heterocycles. The van der Waals surface area contributed by atoms with E-state index in [4.69, 9.17) is 10.5 Å². The SMILES string of the molecule is CCOCCCCCCNc1ccc(N)c(C)c1. The van der Waals surface area contributed by atoms with Gasteiger partial charge in [0, 0.05) is 31.1 Å². The number of rotatable bonds is 9. The van der Waals surface area contributed by atoms with Crippen LogP contribution < -0.4 is 11.1 Å². The highest BCUT2D eigenvalue weighted by Gasteiger charge is 1.96. The van der Waals surface area contributed by atoms with Gasteiger partial charge in [0.25, 0.3) is 0 Å². The fourth-order valence-electron chi connectivity index (χ4n) is 1.85. The molecule has 0 spiro atoms. The van der Waals surface area contributed by atoms with Crippen molar-refractivity contribution in [3.63, 3.8) is 0 Å². The molecule has 0 aliphatic heterocycles. The summed E-state index contributed by atoms with van der Waals surface area (Å²) in [5.74, 6) is 0. The van der Waals surface area contributed by atoms with Crippen molar-refractivity contribution in [2.75, 3.05) is 30.8 Å². The second-order valence-electron chi connectivity index (χ2n) is 4.61. The van der Waals surface area contributed by atoms with Gasteiger partial charge in [-0.3, -0.25) is 0 Å². The standard InChI is InChI=1S/C15H26N2O/c1-3-18-11-7-5-4-6-10-17-14-8-9-15(16)13(2)12-14/h8-9,12,17H,3-7,10-11,16H2,1-2H3. The smallest absolute Gasteiger partial charge is 0.0465 e. The van der Waals surface area contributed by atoms with Crippen molar-refractivity contribution < 1.29 is 4.74 Å². The summed E-state index contributed by atoms with van der Waals surface area (Å²) >= 11 is 0. The van der Waals surface area contributed by atoms with E-state index in [2.05, 4.69) is 11.4 Å². The lowest BCUT2D eigenvalue weighted by atomic mass is 10.1. The minimum atomic E-state index is 0.831. The van der Waals surface area contributed by atoms with Gasteiger partial charge in [-0.05, 0) is 50.5 Å². The van der Waals surface area contributed by atoms with Crippen LogP contribution >= 0.6 is 0 Å². The van der Waals surface area contributed by atoms with Gasteiger partial charge < -0.3 is 15.8 Å². The average molecular weight is 250 g/mol. The summed E-state index contributed by atoms with van der Waals surface area (Å²) < 4.78 is 5.31. The normalized spacial score (nSPS) is 10.6. The van der Waals surface area contributed by atoms with E-state index in [0.717, 1.165) is 36.7 Å². The Balaban J connectivity index is 2.05. The molecule has 0 radical (unpaired) electrons. The molecular weight excluding hydrogens is 224 g/mol. The molecule has 102 valence electrons. The molecule has 3 heteroatoms. The van der Waals surface area contributed by atoms with Crippen molar-refractivity contribution in [3.8, 4) is 0 Å². The molecule has 0 atom stereocenters. The Morgan fingerprint density at radius 2 is 1.94 bits per heavy atom. The summed E-state index contributed by atoms with van der Waals surface area (Å²) in [5, 5.41) is 3.43. The minimum absolute atomic E-state index is 0.831. The zero-order valence-corrected chi connectivity index (χ0v) is 11.7. The van der Waals surface area contributed by atoms with Gasteiger partial charge in [-0.2, -0.15) is 0 Å². The molecular formula is C15H26N2O. The van der Waals surface area contributed by atoms with Crippen molar-refractivity contribution in [1.29, 1.82) is 0 Å². The molecule has 0 amide bonds. The number of nitrogen functional groups attached to an aromatic ring is 1. The molecule has 0 saturated carbocycles. The summed E-state index contributed by atoms with van der Waals surface area (Å²) in [5.41, 5.74) is 8.94. The zero-order valence-electron chi connectivity index (χ0n) is 11.7. The predicted octanol–water partition coefficient (Wildman–Crippen LogP) is 3.59. The maximum Gasteiger partial charge on any atom is 0.0465 e. The first kappa shape index (κ1) is 14.8. The third-order valence-corrected chi connectivity index (χ3v) is 3.02. The Morgan fingerprint density at radius 3 is 2.67 bits per heavy atom. The number of hydrogen-bond acceptors (Lipinski definition) is 3. The largest absolute Gasteiger partial charge is 0.399 e. The Bertz CT molecular complexity index is 339. The molecule has 3 N–H and O–H groups in total. The van der Waals surface area contributed by atoms with Crippen molar-refractivity contribution in [2.24, 2.45) is 0 Å². The first-order chi connectivity index (χ1) is 8.74. The van der Waals surface area contributed by atoms with Gasteiger partial charge >= 0.3 is 0 Å². The van der Waals surface area contributed by atoms with Gasteiger partial charge in [0.2, 0.25) is 0 Å². The van der Waals surface area contributed by atoms with Gasteiger partial charge in [0.1, 0.15) is 0 Å². The Labute approximate surface area is 111 Å². The van der Waals surface area contributed by atoms with E-state index in [9.17, 15) is 0 Å². The van der Waals surface area contributed by atoms with Gasteiger partial charge in [-0.15, -0.1) is 0 Å². The van der Waals surface area contributed by atoms with Crippen molar-refractivity contribution in [2.45, 2.75) is 39.5 Å². The average Bonchev–Trinajstić information content (AvgIpc) is 2.37. The molecule has 0 fully saturated rings. The lowest BCUT2D eigenvalue weighted by molar-refractivity contribution is 0.143. The summed E-state index contributed by atoms with van der Waals surface area (Å²) in [4.78, 5) is 0. The lowest BCUT2D eigenvalue weighted by Crippen LogP contribution is -2.02. The molecule has 18 heavy (non-hydrogen) atoms. The van der Waals surface area contributed by atoms with Crippen LogP contribution in [-0.2, 0) is 4.74 Å². The van der Waals surface area contributed by atoms with Gasteiger partial charge in [-0.25, -0.2) is 0 Å². The van der Waals surface area contributed by atoms with E-state index in [1.165, 1.54) is 25.7 Å². The topological polar surface area (TPSA) is 47.3 Å². The van der Waals surface area contributed by atoms with E-state index in [1.807, 2.05) is 26.0 Å². The molecule has 0 saturated heterocycles. The van der Waals surface area contributed by atoms with Crippen molar-refractivity contribution in [1.82, 2.24) is 0 Å². The fraction of sp³-hybridized carbons (Fsp3) is 0.600. The fourth-order valence-corrected chi connectivity index (χ4v) is 1.85. The van der Waals surface area contributed by atoms with Crippen LogP contribution in [0.5, 0.6) is 0 Å². The van der Waals surface area contributed by atoms with E-state index < -0.39 is 0 Å². The molecule has 3 nitrogen and oxygen atoms in total. The molecule has 0 aliphatic rings. The van der Waals surface area contributed by atoms with E-state index in [-0.39, 0.29) is 0 Å². The quantitative estimate of drug-likeness (QED) is 0.520. The predicted molar refractivity (Wildman–Crippen MR) is 79.0 cm³/mol. The second-order valence-corrected chi connectivity index (χ2v) is 4.61. The number of aryl methyl sites for hydroxylation is 1. The highest BCUT2D eigenvalue weighted by molar-refractivity contribution is 5.56. The third kappa shape index (κ3) is 5.92. The molecule has 0 unspecified atom stereocenters. The van der Waals surface area contributed by atoms with Crippen LogP contribution in [0.2, 0.25) is 0 Å². The number of benzene rings is 1. The Hall–Kier alpha value is -1.22. The lowest BCUT2D eigenvalue weighted by Gasteiger charge is -2.08. The number of ether oxygens (including phenoxy) is 1. The summed E-state index contributed by atoms with van der Waals surface area (Å²) in [6.07, 6.45) is 4.89. The van der Waals surface area contributed by atoms with E-state index in [0.29, 0.717) is 0 Å². The first-order valence-corrected chi connectivity index (χ1v) is 6.91. The van der Waals surface area contributed by atoms with Crippen LogP contribution in [-0.4, -0.2) is 19.8 Å². The van der Waals surface area contributed by atoms with Crippen LogP contribution in [0.4, 0.5) is 11.4 Å². The van der Waals surface area contributed by atoms with Crippen molar-refractivity contribution in [3.05, 3.63) is 23.8 Å². The Kier molecular flexibility index (Phi) is 7.26. The second kappa shape index (κ2) is 8.81. The van der Waals surface area contributed by atoms with Gasteiger partial charge in [-0.1, -0.05) is 12.8 Å². The highest BCUT2D eigenvalue weighted by Crippen LogP contribution is 2.16. The summed E-state index contributed by atoms with van der Waals surface area (Å²) in [6.45, 7) is 6.84. The monoisotopic (exact) mass is 250 g/mol. The van der Waals surface area contributed by atoms with E-state index in [1.54, 1.807) is 0 Å². The number of nitrogens with two attached hydrogens (primary N) is 1. The molecule has 1 rings (SSSR count). The number of nitrogens with one attached hydrogen (secondary N) is 1. The zero-order chi connectivity index (χ0) is 13.2. The van der Waals surface area contributed by atoms with Gasteiger partial charge in [0.05, 0.1) is 0 Å². The molecule has 0 aromatic heterocycles.